The van der Waals surface area contributed by atoms with E-state index in [4.69, 9.17) is 4.98 Å². The Bertz CT molecular complexity index is 699. The first-order chi connectivity index (χ1) is 9.40. The monoisotopic (exact) mass is 266 g/mol. The van der Waals surface area contributed by atoms with Gasteiger partial charge in [0, 0.05) is 18.2 Å². The van der Waals surface area contributed by atoms with Crippen LogP contribution in [0.5, 0.6) is 0 Å². The molecule has 3 heteroatoms. The Morgan fingerprint density at radius 1 is 1.05 bits per heavy atom. The smallest absolute Gasteiger partial charge is 0.0990 e. The molecule has 0 aliphatic carbocycles. The highest BCUT2D eigenvalue weighted by Crippen LogP contribution is 2.34. The molecule has 1 aromatic heterocycles. The van der Waals surface area contributed by atoms with Crippen LogP contribution in [0.2, 0.25) is 0 Å². The number of thiazole rings is 1. The van der Waals surface area contributed by atoms with Crippen LogP contribution in [0.1, 0.15) is 16.5 Å². The van der Waals surface area contributed by atoms with Gasteiger partial charge in [0.2, 0.25) is 0 Å². The van der Waals surface area contributed by atoms with Crippen molar-refractivity contribution in [2.45, 2.75) is 12.3 Å². The number of aromatic nitrogens is 1. The van der Waals surface area contributed by atoms with Gasteiger partial charge in [-0.15, -0.1) is 11.3 Å². The molecule has 94 valence electrons. The molecule has 3 aromatic rings. The van der Waals surface area contributed by atoms with Gasteiger partial charge in [-0.1, -0.05) is 30.3 Å². The molecule has 2 nitrogen and oxygen atoms in total. The predicted octanol–water partition coefficient (Wildman–Crippen LogP) is 4.05. The summed E-state index contributed by atoms with van der Waals surface area (Å²) in [7, 11) is 0. The summed E-state index contributed by atoms with van der Waals surface area (Å²) in [6.45, 7) is 0.983. The quantitative estimate of drug-likeness (QED) is 0.719. The molecule has 19 heavy (non-hydrogen) atoms. The number of nitrogens with zero attached hydrogens (tertiary/aromatic N) is 1. The number of fused-ring (bicyclic) bond motifs is 2. The Morgan fingerprint density at radius 3 is 2.84 bits per heavy atom. The van der Waals surface area contributed by atoms with E-state index in [1.807, 2.05) is 11.3 Å². The summed E-state index contributed by atoms with van der Waals surface area (Å²) >= 11 is 1.83. The summed E-state index contributed by atoms with van der Waals surface area (Å²) in [5.41, 5.74) is 3.80. The molecule has 0 bridgehead atoms. The molecule has 2 heterocycles. The lowest BCUT2D eigenvalue weighted by Crippen LogP contribution is -2.21. The molecule has 0 amide bonds. The lowest BCUT2D eigenvalue weighted by molar-refractivity contribution is 0.691. The third-order valence-electron chi connectivity index (χ3n) is 3.68. The van der Waals surface area contributed by atoms with Gasteiger partial charge in [-0.05, 0) is 30.2 Å². The minimum absolute atomic E-state index is 0.493. The van der Waals surface area contributed by atoms with Crippen LogP contribution in [0.3, 0.4) is 0 Å². The summed E-state index contributed by atoms with van der Waals surface area (Å²) in [5.74, 6) is 0.493. The molecule has 0 radical (unpaired) electrons. The van der Waals surface area contributed by atoms with Crippen LogP contribution in [-0.4, -0.2) is 11.5 Å². The minimum Gasteiger partial charge on any atom is -0.384 e. The Hall–Kier alpha value is -1.87. The highest BCUT2D eigenvalue weighted by atomic mass is 32.1. The highest BCUT2D eigenvalue weighted by molar-refractivity contribution is 7.18. The molecule has 1 N–H and O–H groups in total. The van der Waals surface area contributed by atoms with Crippen molar-refractivity contribution in [1.82, 2.24) is 4.98 Å². The second-order valence-corrected chi connectivity index (χ2v) is 6.02. The van der Waals surface area contributed by atoms with Crippen LogP contribution in [0.15, 0.2) is 48.5 Å². The minimum atomic E-state index is 0.493. The van der Waals surface area contributed by atoms with E-state index < -0.39 is 0 Å². The predicted molar refractivity (Wildman–Crippen MR) is 81.0 cm³/mol. The lowest BCUT2D eigenvalue weighted by atomic mass is 9.94. The van der Waals surface area contributed by atoms with Crippen molar-refractivity contribution < 1.29 is 0 Å². The zero-order valence-electron chi connectivity index (χ0n) is 10.5. The normalized spacial score (nSPS) is 18.0. The fourth-order valence-electron chi connectivity index (χ4n) is 2.68. The molecule has 0 spiro atoms. The van der Waals surface area contributed by atoms with Gasteiger partial charge in [0.05, 0.1) is 15.2 Å². The van der Waals surface area contributed by atoms with E-state index in [-0.39, 0.29) is 0 Å². The van der Waals surface area contributed by atoms with E-state index in [9.17, 15) is 0 Å². The highest BCUT2D eigenvalue weighted by Gasteiger charge is 2.22. The Morgan fingerprint density at radius 2 is 1.89 bits per heavy atom. The zero-order chi connectivity index (χ0) is 12.7. The molecule has 0 saturated heterocycles. The summed E-state index contributed by atoms with van der Waals surface area (Å²) < 4.78 is 1.29. The summed E-state index contributed by atoms with van der Waals surface area (Å²) in [6.07, 6.45) is 1.09. The average molecular weight is 266 g/mol. The van der Waals surface area contributed by atoms with Gasteiger partial charge in [-0.2, -0.15) is 0 Å². The number of para-hydroxylation sites is 2. The molecular formula is C16H14N2S. The van der Waals surface area contributed by atoms with Gasteiger partial charge in [-0.25, -0.2) is 4.98 Å². The summed E-state index contributed by atoms with van der Waals surface area (Å²) in [6, 6.07) is 17.0. The van der Waals surface area contributed by atoms with Crippen molar-refractivity contribution in [3.05, 3.63) is 59.1 Å². The van der Waals surface area contributed by atoms with Gasteiger partial charge < -0.3 is 5.32 Å². The second-order valence-electron chi connectivity index (χ2n) is 4.96. The number of nitrogens with one attached hydrogen (secondary N) is 1. The topological polar surface area (TPSA) is 24.9 Å². The van der Waals surface area contributed by atoms with E-state index in [1.165, 1.54) is 21.0 Å². The van der Waals surface area contributed by atoms with Crippen molar-refractivity contribution in [2.24, 2.45) is 0 Å². The van der Waals surface area contributed by atoms with Gasteiger partial charge in [0.25, 0.3) is 0 Å². The molecule has 4 rings (SSSR count). The maximum absolute atomic E-state index is 4.79. The van der Waals surface area contributed by atoms with Crippen LogP contribution < -0.4 is 5.32 Å². The molecular weight excluding hydrogens is 252 g/mol. The van der Waals surface area contributed by atoms with E-state index >= 15 is 0 Å². The second kappa shape index (κ2) is 4.35. The van der Waals surface area contributed by atoms with Gasteiger partial charge >= 0.3 is 0 Å². The van der Waals surface area contributed by atoms with Crippen LogP contribution in [0.4, 0.5) is 5.69 Å². The molecule has 1 unspecified atom stereocenters. The third kappa shape index (κ3) is 1.90. The summed E-state index contributed by atoms with van der Waals surface area (Å²) in [5, 5.41) is 4.78. The molecule has 0 fully saturated rings. The van der Waals surface area contributed by atoms with Crippen molar-refractivity contribution in [3.63, 3.8) is 0 Å². The number of rotatable bonds is 1. The van der Waals surface area contributed by atoms with E-state index in [2.05, 4.69) is 53.8 Å². The third-order valence-corrected chi connectivity index (χ3v) is 4.88. The largest absolute Gasteiger partial charge is 0.384 e. The fourth-order valence-corrected chi connectivity index (χ4v) is 3.75. The number of benzene rings is 2. The van der Waals surface area contributed by atoms with Crippen molar-refractivity contribution in [1.29, 1.82) is 0 Å². The van der Waals surface area contributed by atoms with Gasteiger partial charge in [0.15, 0.2) is 0 Å². The maximum atomic E-state index is 4.79. The first-order valence-corrected chi connectivity index (χ1v) is 7.39. The van der Waals surface area contributed by atoms with Crippen LogP contribution >= 0.6 is 11.3 Å². The van der Waals surface area contributed by atoms with Gasteiger partial charge in [0.1, 0.15) is 0 Å². The first kappa shape index (κ1) is 11.0. The van der Waals surface area contributed by atoms with Crippen molar-refractivity contribution >= 4 is 27.2 Å². The van der Waals surface area contributed by atoms with E-state index in [0.29, 0.717) is 5.92 Å². The molecule has 1 aliphatic rings. The number of hydrogen-bond acceptors (Lipinski definition) is 3. The SMILES string of the molecule is c1ccc2c(c1)CC(c1nc3ccccc3s1)CN2. The van der Waals surface area contributed by atoms with Crippen molar-refractivity contribution in [2.75, 3.05) is 11.9 Å². The first-order valence-electron chi connectivity index (χ1n) is 6.57. The fraction of sp³-hybridized carbons (Fsp3) is 0.188. The Labute approximate surface area is 116 Å². The zero-order valence-corrected chi connectivity index (χ0v) is 11.3. The lowest BCUT2D eigenvalue weighted by Gasteiger charge is -2.24. The van der Waals surface area contributed by atoms with E-state index in [0.717, 1.165) is 18.5 Å². The Kier molecular flexibility index (Phi) is 2.52. The average Bonchev–Trinajstić information content (AvgIpc) is 2.90. The van der Waals surface area contributed by atoms with Crippen LogP contribution in [-0.2, 0) is 6.42 Å². The molecule has 1 aliphatic heterocycles. The van der Waals surface area contributed by atoms with Crippen LogP contribution in [0, 0.1) is 0 Å². The van der Waals surface area contributed by atoms with Crippen molar-refractivity contribution in [3.8, 4) is 0 Å². The molecule has 2 aromatic carbocycles. The van der Waals surface area contributed by atoms with Gasteiger partial charge in [-0.3, -0.25) is 0 Å². The molecule has 0 saturated carbocycles. The maximum Gasteiger partial charge on any atom is 0.0990 e. The molecule has 1 atom stereocenters. The van der Waals surface area contributed by atoms with E-state index in [1.54, 1.807) is 0 Å². The number of anilines is 1. The standard InChI is InChI=1S/C16H14N2S/c1-2-6-13-11(5-1)9-12(10-17-13)16-18-14-7-3-4-8-15(14)19-16/h1-8,12,17H,9-10H2. The number of hydrogen-bond donors (Lipinski definition) is 1. The Balaban J connectivity index is 1.70. The summed E-state index contributed by atoms with van der Waals surface area (Å²) in [4.78, 5) is 4.79. The van der Waals surface area contributed by atoms with Crippen LogP contribution in [0.25, 0.3) is 10.2 Å².